The van der Waals surface area contributed by atoms with Gasteiger partial charge in [-0.3, -0.25) is 33.6 Å². The van der Waals surface area contributed by atoms with Gasteiger partial charge < -0.3 is 42.1 Å². The van der Waals surface area contributed by atoms with Crippen LogP contribution in [0.3, 0.4) is 0 Å². The molecule has 15 nitrogen and oxygen atoms in total. The van der Waals surface area contributed by atoms with Crippen LogP contribution in [-0.4, -0.2) is 109 Å². The quantitative estimate of drug-likeness (QED) is 0.0668. The van der Waals surface area contributed by atoms with Gasteiger partial charge in [0.05, 0.1) is 32.2 Å². The van der Waals surface area contributed by atoms with Crippen molar-refractivity contribution < 1.29 is 33.6 Å². The first-order chi connectivity index (χ1) is 35.7. The van der Waals surface area contributed by atoms with Crippen molar-refractivity contribution in [1.29, 1.82) is 0 Å². The number of likely N-dealkylation sites (tertiary alicyclic amines) is 1. The van der Waals surface area contributed by atoms with Crippen LogP contribution in [0, 0.1) is 11.3 Å². The van der Waals surface area contributed by atoms with Gasteiger partial charge in [-0.05, 0) is 141 Å². The number of fused-ring (bicyclic) bond motifs is 2. The van der Waals surface area contributed by atoms with Crippen molar-refractivity contribution in [2.24, 2.45) is 17.1 Å². The molecule has 0 saturated carbocycles. The van der Waals surface area contributed by atoms with E-state index < -0.39 is 55.5 Å². The fourth-order valence-electron chi connectivity index (χ4n) is 11.5. The van der Waals surface area contributed by atoms with Gasteiger partial charge >= 0.3 is 0 Å². The number of amides is 6. The molecule has 2 fully saturated rings. The molecule has 8 rings (SSSR count). The first kappa shape index (κ1) is 54.8. The van der Waals surface area contributed by atoms with E-state index in [2.05, 4.69) is 57.9 Å². The molecular weight excluding hydrogens is 961 g/mol. The lowest BCUT2D eigenvalue weighted by Crippen LogP contribution is -2.52. The second-order valence-electron chi connectivity index (χ2n) is 23.2. The van der Waals surface area contributed by atoms with Crippen LogP contribution in [0.2, 0.25) is 19.1 Å². The number of Topliss-reactive ketones (excluding diaryl/α,β-unsaturated/α-hetero) is 1. The third-order valence-electron chi connectivity index (χ3n) is 16.0. The van der Waals surface area contributed by atoms with Gasteiger partial charge in [0, 0.05) is 47.9 Å². The molecule has 4 aromatic carbocycles. The summed E-state index contributed by atoms with van der Waals surface area (Å²) in [5, 5.41) is 15.4. The van der Waals surface area contributed by atoms with E-state index in [0.29, 0.717) is 29.0 Å². The lowest BCUT2D eigenvalue weighted by Gasteiger charge is -2.36. The molecule has 16 heteroatoms. The van der Waals surface area contributed by atoms with Gasteiger partial charge in [0.15, 0.2) is 0 Å². The van der Waals surface area contributed by atoms with E-state index in [1.165, 1.54) is 11.1 Å². The topological polar surface area (TPSA) is 212 Å². The summed E-state index contributed by atoms with van der Waals surface area (Å²) in [5.74, 6) is -2.53. The highest BCUT2D eigenvalue weighted by Crippen LogP contribution is 2.36. The second-order valence-corrected chi connectivity index (χ2v) is 28.3. The number of nitrogens with two attached hydrogens (primary N) is 1. The summed E-state index contributed by atoms with van der Waals surface area (Å²) in [6.45, 7) is 12.0. The highest BCUT2D eigenvalue weighted by molar-refractivity contribution is 6.79. The molecule has 4 aliphatic rings. The molecule has 2 aliphatic heterocycles. The zero-order chi connectivity index (χ0) is 53.8. The monoisotopic (exact) mass is 1040 g/mol. The van der Waals surface area contributed by atoms with E-state index in [0.717, 1.165) is 55.2 Å². The summed E-state index contributed by atoms with van der Waals surface area (Å²) in [6, 6.07) is 26.8. The number of nitrogens with zero attached hydrogens (tertiary/aromatic N) is 2. The minimum Gasteiger partial charge on any atom is -0.348 e. The summed E-state index contributed by atoms with van der Waals surface area (Å²) >= 11 is 0. The van der Waals surface area contributed by atoms with Gasteiger partial charge in [-0.25, -0.2) is 0 Å². The van der Waals surface area contributed by atoms with Gasteiger partial charge in [0.1, 0.15) is 17.9 Å². The number of aryl methyl sites for hydroxylation is 2. The first-order valence-corrected chi connectivity index (χ1v) is 30.2. The largest absolute Gasteiger partial charge is 0.348 e. The Kier molecular flexibility index (Phi) is 16.9. The number of nitrogens with one attached hydrogen (secondary N) is 5. The zero-order valence-electron chi connectivity index (χ0n) is 44.7. The van der Waals surface area contributed by atoms with Crippen LogP contribution in [0.5, 0.6) is 0 Å². The van der Waals surface area contributed by atoms with Crippen LogP contribution in [0.25, 0.3) is 0 Å². The molecule has 6 amide bonds. The molecule has 75 heavy (non-hydrogen) atoms. The molecule has 2 aliphatic carbocycles. The number of ketones is 1. The SMILES string of the molecule is CN[C@@H](C)C(=O)C[C@H](C(=O)N1C[C@@H](NC(=O)c2ccc(NC(=O)c3ccc(CC(N)C(=O)N4C[Si](C)(C)C[C@H]4C(=O)NC4CCCc5ccccc54)cc3)cc2)C[C@H]1C(=O)NC1CCCc2ccccc21)C(C)(C)C. The Morgan fingerprint density at radius 1 is 0.693 bits per heavy atom. The molecule has 2 heterocycles. The van der Waals surface area contributed by atoms with E-state index in [9.17, 15) is 33.6 Å². The Balaban J connectivity index is 0.872. The molecule has 7 N–H and O–H groups in total. The van der Waals surface area contributed by atoms with Crippen molar-refractivity contribution >= 4 is 55.0 Å². The van der Waals surface area contributed by atoms with Gasteiger partial charge in [-0.1, -0.05) is 94.5 Å². The maximum Gasteiger partial charge on any atom is 0.255 e. The van der Waals surface area contributed by atoms with Gasteiger partial charge in [-0.15, -0.1) is 0 Å². The van der Waals surface area contributed by atoms with Gasteiger partial charge in [0.2, 0.25) is 23.6 Å². The fraction of sp³-hybridized carbons (Fsp3) is 0.475. The van der Waals surface area contributed by atoms with Gasteiger partial charge in [-0.2, -0.15) is 0 Å². The van der Waals surface area contributed by atoms with E-state index in [4.69, 9.17) is 5.73 Å². The molecule has 0 bridgehead atoms. The predicted molar refractivity (Wildman–Crippen MR) is 293 cm³/mol. The van der Waals surface area contributed by atoms with Crippen LogP contribution < -0.4 is 32.3 Å². The zero-order valence-corrected chi connectivity index (χ0v) is 45.7. The van der Waals surface area contributed by atoms with Crippen molar-refractivity contribution in [2.45, 2.75) is 147 Å². The standard InChI is InChI=1S/C59H76N8O7Si/c1-36(61-5)52(68)32-46(59(2,3)4)57(73)66-33-43(31-50(66)55(71)64-48-20-12-16-38-14-8-10-18-44(38)48)63-54(70)41-26-28-42(29-27-41)62-53(69)40-24-22-37(23-25-40)30-47(60)58(74)67-35-75(6,7)34-51(67)56(72)65-49-21-13-17-39-15-9-11-19-45(39)49/h8-11,14-15,18-19,22-29,36,43,46-51,61H,12-13,16-17,20-21,30-35,60H2,1-7H3,(H,62,69)(H,63,70)(H,64,71)(H,65,72)/t36-,43-,46+,47?,48?,49?,50-,51-/m0/s1. The van der Waals surface area contributed by atoms with Crippen molar-refractivity contribution in [3.05, 3.63) is 136 Å². The summed E-state index contributed by atoms with van der Waals surface area (Å²) in [7, 11) is -0.182. The highest BCUT2D eigenvalue weighted by atomic mass is 28.3. The van der Waals surface area contributed by atoms with Crippen molar-refractivity contribution in [2.75, 3.05) is 25.1 Å². The summed E-state index contributed by atoms with van der Waals surface area (Å²) in [6.07, 6.45) is 6.46. The lowest BCUT2D eigenvalue weighted by molar-refractivity contribution is -0.146. The summed E-state index contributed by atoms with van der Waals surface area (Å²) < 4.78 is 0. The molecule has 2 saturated heterocycles. The fourth-order valence-corrected chi connectivity index (χ4v) is 14.4. The van der Waals surface area contributed by atoms with Crippen LogP contribution >= 0.6 is 0 Å². The summed E-state index contributed by atoms with van der Waals surface area (Å²) in [4.78, 5) is 101. The molecule has 3 unspecified atom stereocenters. The average Bonchev–Trinajstić information content (AvgIpc) is 3.98. The van der Waals surface area contributed by atoms with Crippen molar-refractivity contribution in [1.82, 2.24) is 31.1 Å². The number of likely N-dealkylation sites (N-methyl/N-ethyl adjacent to an activating group) is 1. The Morgan fingerprint density at radius 2 is 1.24 bits per heavy atom. The van der Waals surface area contributed by atoms with Crippen LogP contribution in [0.4, 0.5) is 5.69 Å². The number of benzene rings is 4. The number of carbonyl (C=O) groups excluding carboxylic acids is 7. The van der Waals surface area contributed by atoms with Crippen molar-refractivity contribution in [3.8, 4) is 0 Å². The maximum absolute atomic E-state index is 14.6. The van der Waals surface area contributed by atoms with E-state index >= 15 is 0 Å². The molecule has 398 valence electrons. The average molecular weight is 1040 g/mol. The third kappa shape index (κ3) is 13.0. The van der Waals surface area contributed by atoms with E-state index in [1.807, 2.05) is 51.1 Å². The number of rotatable bonds is 16. The highest BCUT2D eigenvalue weighted by Gasteiger charge is 2.48. The number of hydrogen-bond donors (Lipinski definition) is 6. The normalized spacial score (nSPS) is 22.2. The smallest absolute Gasteiger partial charge is 0.255 e. The Hall–Kier alpha value is -6.49. The number of anilines is 1. The molecule has 0 radical (unpaired) electrons. The second kappa shape index (κ2) is 23.2. The minimum atomic E-state index is -1.89. The molecule has 8 atom stereocenters. The maximum atomic E-state index is 14.6. The minimum absolute atomic E-state index is 0.00692. The summed E-state index contributed by atoms with van der Waals surface area (Å²) in [5.41, 5.74) is 12.6. The molecule has 4 aromatic rings. The number of hydrogen-bond acceptors (Lipinski definition) is 9. The lowest BCUT2D eigenvalue weighted by atomic mass is 9.76. The van der Waals surface area contributed by atoms with Gasteiger partial charge in [0.25, 0.3) is 11.8 Å². The number of carbonyl (C=O) groups is 7. The van der Waals surface area contributed by atoms with Crippen LogP contribution in [0.15, 0.2) is 97.1 Å². The van der Waals surface area contributed by atoms with Crippen LogP contribution in [0.1, 0.15) is 127 Å². The third-order valence-corrected chi connectivity index (χ3v) is 18.6. The predicted octanol–water partition coefficient (Wildman–Crippen LogP) is 6.58. The molecule has 0 spiro atoms. The Morgan fingerprint density at radius 3 is 1.81 bits per heavy atom. The van der Waals surface area contributed by atoms with Crippen molar-refractivity contribution in [3.63, 3.8) is 0 Å². The molecular formula is C59H76N8O7Si. The molecule has 0 aromatic heterocycles. The van der Waals surface area contributed by atoms with E-state index in [-0.39, 0.29) is 73.2 Å². The van der Waals surface area contributed by atoms with Crippen LogP contribution in [-0.2, 0) is 43.2 Å². The van der Waals surface area contributed by atoms with E-state index in [1.54, 1.807) is 72.3 Å². The Labute approximate surface area is 442 Å². The Bertz CT molecular complexity index is 2780. The first-order valence-electron chi connectivity index (χ1n) is 26.8.